The summed E-state index contributed by atoms with van der Waals surface area (Å²) in [6.07, 6.45) is -2.66. The number of amides is 1. The topological polar surface area (TPSA) is 20.3 Å². The molecule has 1 heterocycles. The first-order valence-electron chi connectivity index (χ1n) is 6.47. The molecule has 0 aliphatic carbocycles. The maximum Gasteiger partial charge on any atom is 0.471 e. The van der Waals surface area contributed by atoms with E-state index in [1.807, 2.05) is 24.3 Å². The first kappa shape index (κ1) is 15.4. The number of likely N-dealkylation sites (tertiary alicyclic amines) is 1. The summed E-state index contributed by atoms with van der Waals surface area (Å²) in [5.41, 5.74) is 1.17. The van der Waals surface area contributed by atoms with Gasteiger partial charge in [0.2, 0.25) is 0 Å². The smallest absolute Gasteiger partial charge is 0.335 e. The van der Waals surface area contributed by atoms with Crippen LogP contribution in [0.3, 0.4) is 0 Å². The Kier molecular flexibility index (Phi) is 4.73. The number of hydrogen-bond donors (Lipinski definition) is 0. The summed E-state index contributed by atoms with van der Waals surface area (Å²) in [6.45, 7) is 0.388. The molecule has 110 valence electrons. The lowest BCUT2D eigenvalue weighted by Gasteiger charge is -2.32. The second kappa shape index (κ2) is 6.16. The van der Waals surface area contributed by atoms with Crippen LogP contribution in [-0.4, -0.2) is 30.1 Å². The maximum absolute atomic E-state index is 12.3. The highest BCUT2D eigenvalue weighted by Crippen LogP contribution is 2.26. The first-order valence-corrected chi connectivity index (χ1v) is 7.26. The Bertz CT molecular complexity index is 464. The Morgan fingerprint density at radius 2 is 1.75 bits per heavy atom. The largest absolute Gasteiger partial charge is 0.471 e. The van der Waals surface area contributed by atoms with E-state index in [9.17, 15) is 18.0 Å². The molecule has 1 aromatic rings. The second-order valence-electron chi connectivity index (χ2n) is 5.06. The highest BCUT2D eigenvalue weighted by atomic mass is 79.9. The molecule has 0 saturated carbocycles. The molecule has 0 atom stereocenters. The monoisotopic (exact) mass is 349 g/mol. The molecule has 1 saturated heterocycles. The predicted molar refractivity (Wildman–Crippen MR) is 73.2 cm³/mol. The van der Waals surface area contributed by atoms with Crippen molar-refractivity contribution in [1.29, 1.82) is 0 Å². The summed E-state index contributed by atoms with van der Waals surface area (Å²) in [7, 11) is 0. The van der Waals surface area contributed by atoms with Crippen LogP contribution in [0.2, 0.25) is 0 Å². The molecule has 2 rings (SSSR count). The Morgan fingerprint density at radius 1 is 1.20 bits per heavy atom. The van der Waals surface area contributed by atoms with Crippen molar-refractivity contribution in [3.05, 3.63) is 34.3 Å². The lowest BCUT2D eigenvalue weighted by atomic mass is 9.90. The SMILES string of the molecule is O=C(N1CCC(Cc2ccc(Br)cc2)CC1)C(F)(F)F. The quantitative estimate of drug-likeness (QED) is 0.795. The van der Waals surface area contributed by atoms with Crippen molar-refractivity contribution < 1.29 is 18.0 Å². The fraction of sp³-hybridized carbons (Fsp3) is 0.500. The molecule has 1 aliphatic heterocycles. The number of carbonyl (C=O) groups excluding carboxylic acids is 1. The van der Waals surface area contributed by atoms with Gasteiger partial charge in [-0.25, -0.2) is 0 Å². The van der Waals surface area contributed by atoms with E-state index in [1.54, 1.807) is 0 Å². The van der Waals surface area contributed by atoms with Gasteiger partial charge in [0.05, 0.1) is 0 Å². The molecule has 2 nitrogen and oxygen atoms in total. The third-order valence-electron chi connectivity index (χ3n) is 3.58. The van der Waals surface area contributed by atoms with Gasteiger partial charge < -0.3 is 4.90 Å². The van der Waals surface area contributed by atoms with Crippen molar-refractivity contribution in [3.63, 3.8) is 0 Å². The van der Waals surface area contributed by atoms with E-state index in [-0.39, 0.29) is 13.1 Å². The predicted octanol–water partition coefficient (Wildman–Crippen LogP) is 3.79. The second-order valence-corrected chi connectivity index (χ2v) is 5.98. The Hall–Kier alpha value is -1.04. The molecule has 0 bridgehead atoms. The highest BCUT2D eigenvalue weighted by molar-refractivity contribution is 9.10. The minimum atomic E-state index is -4.75. The molecular weight excluding hydrogens is 335 g/mol. The molecule has 6 heteroatoms. The molecule has 0 N–H and O–H groups in total. The number of rotatable bonds is 2. The summed E-state index contributed by atoms with van der Waals surface area (Å²) in [4.78, 5) is 12.0. The van der Waals surface area contributed by atoms with Crippen molar-refractivity contribution in [3.8, 4) is 0 Å². The van der Waals surface area contributed by atoms with E-state index in [4.69, 9.17) is 0 Å². The number of hydrogen-bond acceptors (Lipinski definition) is 1. The van der Waals surface area contributed by atoms with Crippen LogP contribution in [0, 0.1) is 5.92 Å². The van der Waals surface area contributed by atoms with Gasteiger partial charge >= 0.3 is 12.1 Å². The fourth-order valence-electron chi connectivity index (χ4n) is 2.47. The van der Waals surface area contributed by atoms with Gasteiger partial charge in [0.1, 0.15) is 0 Å². The molecule has 1 aliphatic rings. The van der Waals surface area contributed by atoms with Gasteiger partial charge in [-0.3, -0.25) is 4.79 Å². The van der Waals surface area contributed by atoms with Crippen molar-refractivity contribution in [2.24, 2.45) is 5.92 Å². The minimum Gasteiger partial charge on any atom is -0.335 e. The Balaban J connectivity index is 1.85. The molecule has 0 radical (unpaired) electrons. The zero-order valence-corrected chi connectivity index (χ0v) is 12.4. The standard InChI is InChI=1S/C14H15BrF3NO/c15-12-3-1-10(2-4-12)9-11-5-7-19(8-6-11)13(20)14(16,17)18/h1-4,11H,5-9H2. The Morgan fingerprint density at radius 3 is 2.25 bits per heavy atom. The first-order chi connectivity index (χ1) is 9.36. The van der Waals surface area contributed by atoms with Crippen molar-refractivity contribution in [2.45, 2.75) is 25.4 Å². The van der Waals surface area contributed by atoms with Crippen molar-refractivity contribution >= 4 is 21.8 Å². The maximum atomic E-state index is 12.3. The van der Waals surface area contributed by atoms with Gasteiger partial charge in [0.15, 0.2) is 0 Å². The van der Waals surface area contributed by atoms with Gasteiger partial charge in [-0.1, -0.05) is 28.1 Å². The average Bonchev–Trinajstić information content (AvgIpc) is 2.40. The van der Waals surface area contributed by atoms with Crippen LogP contribution >= 0.6 is 15.9 Å². The third-order valence-corrected chi connectivity index (χ3v) is 4.11. The van der Waals surface area contributed by atoms with E-state index in [0.29, 0.717) is 18.8 Å². The lowest BCUT2D eigenvalue weighted by Crippen LogP contribution is -2.45. The lowest BCUT2D eigenvalue weighted by molar-refractivity contribution is -0.186. The summed E-state index contributed by atoms with van der Waals surface area (Å²) in [5, 5.41) is 0. The normalized spacial score (nSPS) is 17.3. The molecule has 1 fully saturated rings. The summed E-state index contributed by atoms with van der Waals surface area (Å²) in [6, 6.07) is 7.93. The van der Waals surface area contributed by atoms with Crippen LogP contribution in [0.25, 0.3) is 0 Å². The van der Waals surface area contributed by atoms with Gasteiger partial charge in [0.25, 0.3) is 0 Å². The Labute approximate surface area is 124 Å². The van der Waals surface area contributed by atoms with E-state index in [1.165, 1.54) is 5.56 Å². The zero-order valence-electron chi connectivity index (χ0n) is 10.8. The number of piperidine rings is 1. The van der Waals surface area contributed by atoms with Gasteiger partial charge in [-0.2, -0.15) is 13.2 Å². The average molecular weight is 350 g/mol. The van der Waals surface area contributed by atoms with Crippen LogP contribution in [0.5, 0.6) is 0 Å². The molecule has 1 amide bonds. The highest BCUT2D eigenvalue weighted by Gasteiger charge is 2.43. The molecule has 0 spiro atoms. The number of alkyl halides is 3. The van der Waals surface area contributed by atoms with Crippen LogP contribution in [0.1, 0.15) is 18.4 Å². The van der Waals surface area contributed by atoms with E-state index >= 15 is 0 Å². The van der Waals surface area contributed by atoms with E-state index in [0.717, 1.165) is 15.8 Å². The van der Waals surface area contributed by atoms with Crippen LogP contribution in [0.4, 0.5) is 13.2 Å². The molecule has 0 unspecified atom stereocenters. The van der Waals surface area contributed by atoms with E-state index in [2.05, 4.69) is 15.9 Å². The third kappa shape index (κ3) is 3.98. The number of halogens is 4. The van der Waals surface area contributed by atoms with E-state index < -0.39 is 12.1 Å². The molecule has 0 aromatic heterocycles. The van der Waals surface area contributed by atoms with Crippen LogP contribution < -0.4 is 0 Å². The fourth-order valence-corrected chi connectivity index (χ4v) is 2.74. The molecule has 20 heavy (non-hydrogen) atoms. The minimum absolute atomic E-state index is 0.194. The summed E-state index contributed by atoms with van der Waals surface area (Å²) in [5.74, 6) is -1.37. The molecular formula is C14H15BrF3NO. The number of benzene rings is 1. The van der Waals surface area contributed by atoms with Gasteiger partial charge in [0, 0.05) is 17.6 Å². The van der Waals surface area contributed by atoms with Gasteiger partial charge in [-0.15, -0.1) is 0 Å². The van der Waals surface area contributed by atoms with Crippen LogP contribution in [0.15, 0.2) is 28.7 Å². The van der Waals surface area contributed by atoms with Crippen LogP contribution in [-0.2, 0) is 11.2 Å². The van der Waals surface area contributed by atoms with Crippen molar-refractivity contribution in [2.75, 3.05) is 13.1 Å². The zero-order chi connectivity index (χ0) is 14.8. The van der Waals surface area contributed by atoms with Gasteiger partial charge in [-0.05, 0) is 42.9 Å². The summed E-state index contributed by atoms with van der Waals surface area (Å²) >= 11 is 3.36. The number of carbonyl (C=O) groups is 1. The van der Waals surface area contributed by atoms with Crippen molar-refractivity contribution in [1.82, 2.24) is 4.90 Å². The summed E-state index contributed by atoms with van der Waals surface area (Å²) < 4.78 is 38.0. The number of nitrogens with zero attached hydrogens (tertiary/aromatic N) is 1. The molecule has 1 aromatic carbocycles.